The normalized spacial score (nSPS) is 13.7. The first kappa shape index (κ1) is 20.8. The molecule has 7 nitrogen and oxygen atoms in total. The molecule has 0 aliphatic heterocycles. The van der Waals surface area contributed by atoms with Gasteiger partial charge in [-0.1, -0.05) is 13.8 Å². The average Bonchev–Trinajstić information content (AvgIpc) is 2.48. The maximum Gasteiger partial charge on any atom is 0.242 e. The Bertz CT molecular complexity index is 324. The zero-order chi connectivity index (χ0) is 17.0. The predicted molar refractivity (Wildman–Crippen MR) is 85.2 cm³/mol. The van der Waals surface area contributed by atoms with Crippen molar-refractivity contribution in [1.29, 1.82) is 0 Å². The highest BCUT2D eigenvalue weighted by molar-refractivity contribution is 5.89. The molecule has 0 saturated heterocycles. The van der Waals surface area contributed by atoms with Gasteiger partial charge in [-0.15, -0.1) is 0 Å². The van der Waals surface area contributed by atoms with Gasteiger partial charge in [0.2, 0.25) is 11.8 Å². The molecule has 22 heavy (non-hydrogen) atoms. The van der Waals surface area contributed by atoms with Crippen LogP contribution in [0.3, 0.4) is 0 Å². The number of ether oxygens (including phenoxy) is 1. The highest BCUT2D eigenvalue weighted by atomic mass is 16.5. The van der Waals surface area contributed by atoms with Crippen molar-refractivity contribution in [3.63, 3.8) is 0 Å². The fourth-order valence-electron chi connectivity index (χ4n) is 1.72. The molecule has 0 aromatic carbocycles. The van der Waals surface area contributed by atoms with E-state index < -0.39 is 12.1 Å². The van der Waals surface area contributed by atoms with Crippen LogP contribution >= 0.6 is 0 Å². The van der Waals surface area contributed by atoms with Crippen molar-refractivity contribution in [3.05, 3.63) is 0 Å². The molecule has 0 aromatic heterocycles. The first-order chi connectivity index (χ1) is 10.4. The van der Waals surface area contributed by atoms with E-state index in [4.69, 9.17) is 15.6 Å². The number of carbonyl (C=O) groups is 2. The summed E-state index contributed by atoms with van der Waals surface area (Å²) in [7, 11) is 0. The van der Waals surface area contributed by atoms with E-state index >= 15 is 0 Å². The van der Waals surface area contributed by atoms with Gasteiger partial charge >= 0.3 is 0 Å². The fraction of sp³-hybridized carbons (Fsp3) is 0.867. The molecule has 0 heterocycles. The lowest BCUT2D eigenvalue weighted by Gasteiger charge is -2.19. The second-order valence-corrected chi connectivity index (χ2v) is 5.69. The van der Waals surface area contributed by atoms with Crippen LogP contribution in [0.5, 0.6) is 0 Å². The topological polar surface area (TPSA) is 114 Å². The molecule has 7 heteroatoms. The third-order valence-electron chi connectivity index (χ3n) is 3.27. The Morgan fingerprint density at radius 1 is 1.09 bits per heavy atom. The van der Waals surface area contributed by atoms with Gasteiger partial charge in [0.15, 0.2) is 0 Å². The van der Waals surface area contributed by atoms with Gasteiger partial charge in [-0.3, -0.25) is 9.59 Å². The Morgan fingerprint density at radius 3 is 2.36 bits per heavy atom. The molecule has 0 bridgehead atoms. The van der Waals surface area contributed by atoms with Crippen LogP contribution in [-0.2, 0) is 14.3 Å². The van der Waals surface area contributed by atoms with Crippen LogP contribution in [0, 0.1) is 5.92 Å². The molecule has 0 aliphatic rings. The lowest BCUT2D eigenvalue weighted by Crippen LogP contribution is -2.51. The highest BCUT2D eigenvalue weighted by Gasteiger charge is 2.21. The lowest BCUT2D eigenvalue weighted by atomic mass is 10.0. The third-order valence-corrected chi connectivity index (χ3v) is 3.27. The molecule has 5 N–H and O–H groups in total. The van der Waals surface area contributed by atoms with E-state index in [0.717, 1.165) is 19.3 Å². The van der Waals surface area contributed by atoms with Crippen LogP contribution < -0.4 is 16.4 Å². The zero-order valence-electron chi connectivity index (χ0n) is 13.9. The van der Waals surface area contributed by atoms with Gasteiger partial charge in [0.25, 0.3) is 0 Å². The molecular weight excluding hydrogens is 286 g/mol. The van der Waals surface area contributed by atoms with Crippen LogP contribution in [-0.4, -0.2) is 55.4 Å². The molecule has 0 aliphatic carbocycles. The monoisotopic (exact) mass is 317 g/mol. The minimum absolute atomic E-state index is 0.0308. The van der Waals surface area contributed by atoms with Gasteiger partial charge in [0.1, 0.15) is 6.04 Å². The molecule has 2 amide bonds. The van der Waals surface area contributed by atoms with E-state index in [1.807, 2.05) is 13.8 Å². The fourth-order valence-corrected chi connectivity index (χ4v) is 1.72. The highest BCUT2D eigenvalue weighted by Crippen LogP contribution is 1.99. The molecule has 0 radical (unpaired) electrons. The van der Waals surface area contributed by atoms with Crippen molar-refractivity contribution in [3.8, 4) is 0 Å². The number of rotatable bonds is 12. The minimum atomic E-state index is -0.603. The van der Waals surface area contributed by atoms with E-state index in [9.17, 15) is 9.59 Å². The zero-order valence-corrected chi connectivity index (χ0v) is 13.9. The van der Waals surface area contributed by atoms with Gasteiger partial charge in [0.05, 0.1) is 19.3 Å². The summed E-state index contributed by atoms with van der Waals surface area (Å²) in [5.74, 6) is -0.483. The van der Waals surface area contributed by atoms with Crippen molar-refractivity contribution in [2.75, 3.05) is 26.4 Å². The van der Waals surface area contributed by atoms with Crippen molar-refractivity contribution >= 4 is 11.8 Å². The number of unbranched alkanes of at least 4 members (excludes halogenated alkanes) is 2. The number of amides is 2. The summed E-state index contributed by atoms with van der Waals surface area (Å²) in [6.07, 6.45) is 2.68. The summed E-state index contributed by atoms with van der Waals surface area (Å²) in [4.78, 5) is 23.6. The van der Waals surface area contributed by atoms with Crippen molar-refractivity contribution in [2.24, 2.45) is 11.7 Å². The quantitative estimate of drug-likeness (QED) is 0.371. The molecular formula is C15H31N3O4. The first-order valence-corrected chi connectivity index (χ1v) is 7.92. The minimum Gasteiger partial charge on any atom is -0.394 e. The van der Waals surface area contributed by atoms with Crippen molar-refractivity contribution in [1.82, 2.24) is 10.6 Å². The molecule has 2 atom stereocenters. The lowest BCUT2D eigenvalue weighted by molar-refractivity contribution is -0.129. The number of hydrogen-bond donors (Lipinski definition) is 4. The summed E-state index contributed by atoms with van der Waals surface area (Å²) in [5.41, 5.74) is 5.73. The van der Waals surface area contributed by atoms with E-state index in [2.05, 4.69) is 10.6 Å². The molecule has 130 valence electrons. The SMILES string of the molecule is CC(C)[C@H](N)C(=O)N[C@@H](C)C(=O)NCCCCCOCCO. The number of nitrogens with one attached hydrogen (secondary N) is 2. The first-order valence-electron chi connectivity index (χ1n) is 7.92. The summed E-state index contributed by atoms with van der Waals surface area (Å²) >= 11 is 0. The third kappa shape index (κ3) is 9.70. The van der Waals surface area contributed by atoms with Crippen LogP contribution in [0.1, 0.15) is 40.0 Å². The standard InChI is InChI=1S/C15H31N3O4/c1-11(2)13(16)15(21)18-12(3)14(20)17-7-5-4-6-9-22-10-8-19/h11-13,19H,4-10,16H2,1-3H3,(H,17,20)(H,18,21)/t12-,13-/m0/s1. The molecule has 0 aromatic rings. The van der Waals surface area contributed by atoms with Crippen molar-refractivity contribution < 1.29 is 19.4 Å². The second kappa shape index (κ2) is 12.4. The molecule has 0 fully saturated rings. The van der Waals surface area contributed by atoms with E-state index in [0.29, 0.717) is 19.8 Å². The van der Waals surface area contributed by atoms with Gasteiger partial charge < -0.3 is 26.2 Å². The summed E-state index contributed by atoms with van der Waals surface area (Å²) in [5, 5.41) is 13.9. The Hall–Kier alpha value is -1.18. The maximum absolute atomic E-state index is 11.8. The van der Waals surface area contributed by atoms with E-state index in [-0.39, 0.29) is 24.3 Å². The average molecular weight is 317 g/mol. The number of carbonyl (C=O) groups excluding carboxylic acids is 2. The Kier molecular flexibility index (Phi) is 11.7. The number of aliphatic hydroxyl groups is 1. The number of nitrogens with two attached hydrogens (primary N) is 1. The van der Waals surface area contributed by atoms with Gasteiger partial charge in [-0.25, -0.2) is 0 Å². The van der Waals surface area contributed by atoms with Gasteiger partial charge in [-0.2, -0.15) is 0 Å². The molecule has 0 unspecified atom stereocenters. The number of hydrogen-bond acceptors (Lipinski definition) is 5. The Morgan fingerprint density at radius 2 is 1.77 bits per heavy atom. The predicted octanol–water partition coefficient (Wildman–Crippen LogP) is -0.230. The van der Waals surface area contributed by atoms with E-state index in [1.54, 1.807) is 6.92 Å². The number of aliphatic hydroxyl groups excluding tert-OH is 1. The summed E-state index contributed by atoms with van der Waals surface area (Å²) in [6, 6.07) is -1.20. The van der Waals surface area contributed by atoms with Crippen LogP contribution in [0.2, 0.25) is 0 Å². The van der Waals surface area contributed by atoms with Gasteiger partial charge in [-0.05, 0) is 32.1 Å². The smallest absolute Gasteiger partial charge is 0.242 e. The van der Waals surface area contributed by atoms with Crippen LogP contribution in [0.15, 0.2) is 0 Å². The Balaban J connectivity index is 3.72. The van der Waals surface area contributed by atoms with Crippen LogP contribution in [0.4, 0.5) is 0 Å². The molecule has 0 rings (SSSR count). The molecule has 0 spiro atoms. The maximum atomic E-state index is 11.8. The van der Waals surface area contributed by atoms with E-state index in [1.165, 1.54) is 0 Å². The second-order valence-electron chi connectivity index (χ2n) is 5.69. The van der Waals surface area contributed by atoms with Crippen LogP contribution in [0.25, 0.3) is 0 Å². The van der Waals surface area contributed by atoms with Crippen molar-refractivity contribution in [2.45, 2.75) is 52.1 Å². The summed E-state index contributed by atoms with van der Waals surface area (Å²) in [6.45, 7) is 6.96. The Labute approximate surface area is 133 Å². The molecule has 0 saturated carbocycles. The van der Waals surface area contributed by atoms with Gasteiger partial charge in [0, 0.05) is 13.2 Å². The summed E-state index contributed by atoms with van der Waals surface area (Å²) < 4.78 is 5.14. The largest absolute Gasteiger partial charge is 0.394 e.